The van der Waals surface area contributed by atoms with Gasteiger partial charge in [0.2, 0.25) is 0 Å². The van der Waals surface area contributed by atoms with Crippen molar-refractivity contribution >= 4 is 11.8 Å². The predicted octanol–water partition coefficient (Wildman–Crippen LogP) is 2.43. The summed E-state index contributed by atoms with van der Waals surface area (Å²) in [6.45, 7) is 6.29. The van der Waals surface area contributed by atoms with Crippen LogP contribution in [0.3, 0.4) is 0 Å². The lowest BCUT2D eigenvalue weighted by molar-refractivity contribution is 0.0914. The molecular weight excluding hydrogens is 346 g/mol. The molecule has 0 aliphatic heterocycles. The Kier molecular flexibility index (Phi) is 6.76. The van der Waals surface area contributed by atoms with Crippen LogP contribution in [0.25, 0.3) is 0 Å². The van der Waals surface area contributed by atoms with Crippen molar-refractivity contribution in [3.63, 3.8) is 0 Å². The molecule has 0 spiro atoms. The maximum Gasteiger partial charge on any atom is 0.270 e. The van der Waals surface area contributed by atoms with E-state index in [0.29, 0.717) is 24.5 Å². The number of amides is 2. The summed E-state index contributed by atoms with van der Waals surface area (Å²) in [6.07, 6.45) is 1.44. The van der Waals surface area contributed by atoms with E-state index in [1.54, 1.807) is 37.4 Å². The second-order valence-corrected chi connectivity index (χ2v) is 6.91. The number of methoxy groups -OCH3 is 1. The van der Waals surface area contributed by atoms with Gasteiger partial charge in [-0.1, -0.05) is 0 Å². The number of aromatic nitrogens is 1. The Balaban J connectivity index is 1.84. The van der Waals surface area contributed by atoms with E-state index in [-0.39, 0.29) is 23.0 Å². The number of nitrogens with one attached hydrogen (secondary N) is 2. The minimum Gasteiger partial charge on any atom is -0.497 e. The van der Waals surface area contributed by atoms with E-state index in [1.807, 2.05) is 20.8 Å². The van der Waals surface area contributed by atoms with Gasteiger partial charge in [-0.3, -0.25) is 14.6 Å². The molecule has 0 saturated carbocycles. The highest BCUT2D eigenvalue weighted by atomic mass is 16.5. The molecule has 27 heavy (non-hydrogen) atoms. The van der Waals surface area contributed by atoms with Crippen molar-refractivity contribution in [3.8, 4) is 11.5 Å². The second-order valence-electron chi connectivity index (χ2n) is 6.91. The van der Waals surface area contributed by atoms with E-state index in [2.05, 4.69) is 15.6 Å². The summed E-state index contributed by atoms with van der Waals surface area (Å²) in [5.74, 6) is 0.829. The van der Waals surface area contributed by atoms with Crippen molar-refractivity contribution < 1.29 is 19.1 Å². The lowest BCUT2D eigenvalue weighted by Crippen LogP contribution is -2.41. The van der Waals surface area contributed by atoms with Crippen LogP contribution in [-0.2, 0) is 0 Å². The number of carbonyl (C=O) groups is 2. The van der Waals surface area contributed by atoms with Gasteiger partial charge in [-0.05, 0) is 57.2 Å². The number of pyridine rings is 1. The fourth-order valence-corrected chi connectivity index (χ4v) is 2.21. The van der Waals surface area contributed by atoms with Crippen molar-refractivity contribution in [1.82, 2.24) is 15.6 Å². The monoisotopic (exact) mass is 371 g/mol. The van der Waals surface area contributed by atoms with Gasteiger partial charge in [0.25, 0.3) is 11.8 Å². The van der Waals surface area contributed by atoms with Crippen molar-refractivity contribution in [1.29, 1.82) is 0 Å². The third kappa shape index (κ3) is 6.62. The second kappa shape index (κ2) is 9.02. The minimum atomic E-state index is -0.379. The van der Waals surface area contributed by atoms with Gasteiger partial charge in [0.05, 0.1) is 13.7 Å². The van der Waals surface area contributed by atoms with Crippen molar-refractivity contribution in [2.24, 2.45) is 0 Å². The van der Waals surface area contributed by atoms with Gasteiger partial charge >= 0.3 is 0 Å². The molecule has 0 bridgehead atoms. The van der Waals surface area contributed by atoms with Crippen LogP contribution in [-0.4, -0.2) is 42.6 Å². The molecular formula is C20H25N3O4. The average molecular weight is 371 g/mol. The van der Waals surface area contributed by atoms with Crippen molar-refractivity contribution in [3.05, 3.63) is 53.9 Å². The van der Waals surface area contributed by atoms with E-state index >= 15 is 0 Å². The average Bonchev–Trinajstić information content (AvgIpc) is 2.64. The molecule has 1 aromatic carbocycles. The Morgan fingerprint density at radius 1 is 1.04 bits per heavy atom. The standard InChI is InChI=1S/C20H25N3O4/c1-20(2,3)23-19(25)17-13-14(9-10-21-17)18(24)22-11-12-27-16-7-5-15(26-4)6-8-16/h5-10,13H,11-12H2,1-4H3,(H,22,24)(H,23,25). The van der Waals surface area contributed by atoms with E-state index < -0.39 is 0 Å². The van der Waals surface area contributed by atoms with Gasteiger partial charge in [0.1, 0.15) is 23.8 Å². The topological polar surface area (TPSA) is 89.6 Å². The molecule has 0 saturated heterocycles. The summed E-state index contributed by atoms with van der Waals surface area (Å²) in [4.78, 5) is 28.4. The van der Waals surface area contributed by atoms with E-state index in [1.165, 1.54) is 12.3 Å². The molecule has 7 heteroatoms. The number of hydrogen-bond donors (Lipinski definition) is 2. The zero-order valence-corrected chi connectivity index (χ0v) is 16.0. The number of nitrogens with zero attached hydrogens (tertiary/aromatic N) is 1. The van der Waals surface area contributed by atoms with Crippen LogP contribution < -0.4 is 20.1 Å². The highest BCUT2D eigenvalue weighted by Gasteiger charge is 2.17. The van der Waals surface area contributed by atoms with Crippen LogP contribution in [0.4, 0.5) is 0 Å². The summed E-state index contributed by atoms with van der Waals surface area (Å²) < 4.78 is 10.6. The Bertz CT molecular complexity index is 783. The lowest BCUT2D eigenvalue weighted by Gasteiger charge is -2.20. The van der Waals surface area contributed by atoms with E-state index in [4.69, 9.17) is 9.47 Å². The van der Waals surface area contributed by atoms with Crippen LogP contribution in [0.15, 0.2) is 42.6 Å². The van der Waals surface area contributed by atoms with Crippen LogP contribution in [0.2, 0.25) is 0 Å². The quantitative estimate of drug-likeness (QED) is 0.730. The van der Waals surface area contributed by atoms with Gasteiger partial charge < -0.3 is 20.1 Å². The smallest absolute Gasteiger partial charge is 0.270 e. The number of carbonyl (C=O) groups excluding carboxylic acids is 2. The molecule has 0 fully saturated rings. The first-order valence-corrected chi connectivity index (χ1v) is 8.62. The summed E-state index contributed by atoms with van der Waals surface area (Å²) in [6, 6.07) is 10.2. The maximum atomic E-state index is 12.3. The zero-order chi connectivity index (χ0) is 19.9. The fraction of sp³-hybridized carbons (Fsp3) is 0.350. The molecule has 2 amide bonds. The van der Waals surface area contributed by atoms with Gasteiger partial charge in [-0.2, -0.15) is 0 Å². The third-order valence-electron chi connectivity index (χ3n) is 3.46. The Morgan fingerprint density at radius 3 is 2.33 bits per heavy atom. The lowest BCUT2D eigenvalue weighted by atomic mass is 10.1. The molecule has 7 nitrogen and oxygen atoms in total. The molecule has 2 rings (SSSR count). The molecule has 2 N–H and O–H groups in total. The van der Waals surface area contributed by atoms with Gasteiger partial charge in [0, 0.05) is 17.3 Å². The first kappa shape index (κ1) is 20.2. The Hall–Kier alpha value is -3.09. The van der Waals surface area contributed by atoms with Crippen LogP contribution in [0, 0.1) is 0 Å². The SMILES string of the molecule is COc1ccc(OCCNC(=O)c2ccnc(C(=O)NC(C)(C)C)c2)cc1. The molecule has 2 aromatic rings. The summed E-state index contributed by atoms with van der Waals surface area (Å²) in [5, 5.41) is 5.58. The Morgan fingerprint density at radius 2 is 1.70 bits per heavy atom. The molecule has 0 aliphatic carbocycles. The van der Waals surface area contributed by atoms with Gasteiger partial charge in [-0.25, -0.2) is 0 Å². The maximum absolute atomic E-state index is 12.3. The van der Waals surface area contributed by atoms with Crippen LogP contribution >= 0.6 is 0 Å². The summed E-state index contributed by atoms with van der Waals surface area (Å²) >= 11 is 0. The molecule has 144 valence electrons. The first-order chi connectivity index (χ1) is 12.8. The Labute approximate surface area is 159 Å². The van der Waals surface area contributed by atoms with Crippen LogP contribution in [0.5, 0.6) is 11.5 Å². The van der Waals surface area contributed by atoms with Gasteiger partial charge in [0.15, 0.2) is 0 Å². The van der Waals surface area contributed by atoms with E-state index in [0.717, 1.165) is 5.75 Å². The largest absolute Gasteiger partial charge is 0.497 e. The predicted molar refractivity (Wildman–Crippen MR) is 102 cm³/mol. The third-order valence-corrected chi connectivity index (χ3v) is 3.46. The first-order valence-electron chi connectivity index (χ1n) is 8.62. The fourth-order valence-electron chi connectivity index (χ4n) is 2.21. The summed E-state index contributed by atoms with van der Waals surface area (Å²) in [7, 11) is 1.60. The minimum absolute atomic E-state index is 0.201. The molecule has 0 unspecified atom stereocenters. The molecule has 0 atom stereocenters. The zero-order valence-electron chi connectivity index (χ0n) is 16.0. The number of benzene rings is 1. The number of rotatable bonds is 7. The van der Waals surface area contributed by atoms with E-state index in [9.17, 15) is 9.59 Å². The van der Waals surface area contributed by atoms with Crippen LogP contribution in [0.1, 0.15) is 41.6 Å². The van der Waals surface area contributed by atoms with Crippen molar-refractivity contribution in [2.75, 3.05) is 20.3 Å². The summed E-state index contributed by atoms with van der Waals surface area (Å²) in [5.41, 5.74) is 0.191. The number of ether oxygens (including phenoxy) is 2. The molecule has 0 aliphatic rings. The number of hydrogen-bond acceptors (Lipinski definition) is 5. The van der Waals surface area contributed by atoms with Gasteiger partial charge in [-0.15, -0.1) is 0 Å². The highest BCUT2D eigenvalue weighted by molar-refractivity contribution is 5.98. The highest BCUT2D eigenvalue weighted by Crippen LogP contribution is 2.16. The molecule has 1 heterocycles. The van der Waals surface area contributed by atoms with Crippen molar-refractivity contribution in [2.45, 2.75) is 26.3 Å². The normalized spacial score (nSPS) is 10.8. The molecule has 1 aromatic heterocycles. The molecule has 0 radical (unpaired) electrons.